The lowest BCUT2D eigenvalue weighted by Gasteiger charge is -2.22. The maximum absolute atomic E-state index is 13.7. The molecule has 7 nitrogen and oxygen atoms in total. The molecule has 4 rings (SSSR count). The second kappa shape index (κ2) is 8.92. The molecule has 0 fully saturated rings. The van der Waals surface area contributed by atoms with Gasteiger partial charge in [-0.1, -0.05) is 6.08 Å². The van der Waals surface area contributed by atoms with Gasteiger partial charge >= 0.3 is 12.1 Å². The van der Waals surface area contributed by atoms with E-state index in [4.69, 9.17) is 0 Å². The first-order valence-corrected chi connectivity index (χ1v) is 10.8. The van der Waals surface area contributed by atoms with E-state index in [1.807, 2.05) is 6.08 Å². The minimum Gasteiger partial charge on any atom is -0.476 e. The lowest BCUT2D eigenvalue weighted by molar-refractivity contribution is -0.137. The number of carboxylic acid groups (broad SMARTS) is 1. The number of hydrogen-bond donors (Lipinski definition) is 2. The van der Waals surface area contributed by atoms with Crippen molar-refractivity contribution in [1.82, 2.24) is 14.5 Å². The normalized spacial score (nSPS) is 15.1. The van der Waals surface area contributed by atoms with Crippen molar-refractivity contribution in [2.45, 2.75) is 44.8 Å². The van der Waals surface area contributed by atoms with Crippen molar-refractivity contribution in [2.75, 3.05) is 5.32 Å². The van der Waals surface area contributed by atoms with Crippen LogP contribution in [0.5, 0.6) is 0 Å². The number of nitrogens with one attached hydrogen (secondary N) is 1. The number of carboxylic acids is 1. The standard InChI is InChI=1S/C24H23F3N4O3/c1-13(29-18-9-6-10-28-20(18)23(33)34)16-11-15(24(25,26)27)12-17-19(16)30-21(31(2)22(17)32)14-7-4-3-5-8-14/h6-7,9-13,29H,3-5,8H2,1-2H3,(H,33,34)/t13-/m1/s1. The number of anilines is 1. The Balaban J connectivity index is 1.93. The monoisotopic (exact) mass is 472 g/mol. The van der Waals surface area contributed by atoms with E-state index in [0.717, 1.165) is 43.4 Å². The van der Waals surface area contributed by atoms with Crippen LogP contribution in [0.4, 0.5) is 18.9 Å². The highest BCUT2D eigenvalue weighted by atomic mass is 19.4. The van der Waals surface area contributed by atoms with E-state index in [0.29, 0.717) is 5.82 Å². The number of rotatable bonds is 5. The van der Waals surface area contributed by atoms with E-state index < -0.39 is 29.3 Å². The molecule has 0 spiro atoms. The van der Waals surface area contributed by atoms with Crippen molar-refractivity contribution in [2.24, 2.45) is 7.05 Å². The maximum atomic E-state index is 13.7. The highest BCUT2D eigenvalue weighted by Gasteiger charge is 2.33. The lowest BCUT2D eigenvalue weighted by Crippen LogP contribution is -2.24. The number of aromatic carboxylic acids is 1. The van der Waals surface area contributed by atoms with Gasteiger partial charge in [-0.25, -0.2) is 14.8 Å². The number of halogens is 3. The van der Waals surface area contributed by atoms with Crippen LogP contribution >= 0.6 is 0 Å². The molecule has 0 radical (unpaired) electrons. The Morgan fingerprint density at radius 2 is 2.03 bits per heavy atom. The fourth-order valence-corrected chi connectivity index (χ4v) is 4.23. The Labute approximate surface area is 193 Å². The molecule has 0 unspecified atom stereocenters. The number of alkyl halides is 3. The molecule has 10 heteroatoms. The van der Waals surface area contributed by atoms with E-state index in [1.165, 1.54) is 29.9 Å². The average molecular weight is 472 g/mol. The number of carbonyl (C=O) groups is 1. The molecule has 1 aliphatic rings. The van der Waals surface area contributed by atoms with Crippen LogP contribution in [0.2, 0.25) is 0 Å². The summed E-state index contributed by atoms with van der Waals surface area (Å²) in [5, 5.41) is 12.2. The summed E-state index contributed by atoms with van der Waals surface area (Å²) in [7, 11) is 1.51. The van der Waals surface area contributed by atoms with Crippen molar-refractivity contribution >= 4 is 28.1 Å². The minimum absolute atomic E-state index is 0.139. The molecule has 0 aliphatic heterocycles. The van der Waals surface area contributed by atoms with Crippen molar-refractivity contribution in [1.29, 1.82) is 0 Å². The van der Waals surface area contributed by atoms with Gasteiger partial charge in [-0.2, -0.15) is 13.2 Å². The SMILES string of the molecule is C[C@@H](Nc1cccnc1C(=O)O)c1cc(C(F)(F)F)cc2c(=O)n(C)c(C3=CCCCC3)nc12. The zero-order chi connectivity index (χ0) is 24.6. The largest absolute Gasteiger partial charge is 0.476 e. The minimum atomic E-state index is -4.68. The average Bonchev–Trinajstić information content (AvgIpc) is 2.80. The summed E-state index contributed by atoms with van der Waals surface area (Å²) in [5.74, 6) is -0.847. The van der Waals surface area contributed by atoms with Gasteiger partial charge in [0.25, 0.3) is 5.56 Å². The van der Waals surface area contributed by atoms with Crippen molar-refractivity contribution < 1.29 is 23.1 Å². The summed E-state index contributed by atoms with van der Waals surface area (Å²) < 4.78 is 42.4. The van der Waals surface area contributed by atoms with Crippen molar-refractivity contribution in [3.8, 4) is 0 Å². The molecule has 0 amide bonds. The smallest absolute Gasteiger partial charge is 0.416 e. The fraction of sp³-hybridized carbons (Fsp3) is 0.333. The number of benzene rings is 1. The molecule has 34 heavy (non-hydrogen) atoms. The van der Waals surface area contributed by atoms with Gasteiger partial charge < -0.3 is 10.4 Å². The molecule has 1 aromatic carbocycles. The Morgan fingerprint density at radius 1 is 1.26 bits per heavy atom. The van der Waals surface area contributed by atoms with Crippen LogP contribution in [-0.2, 0) is 13.2 Å². The molecule has 2 N–H and O–H groups in total. The zero-order valence-electron chi connectivity index (χ0n) is 18.6. The predicted molar refractivity (Wildman–Crippen MR) is 122 cm³/mol. The van der Waals surface area contributed by atoms with E-state index in [2.05, 4.69) is 15.3 Å². The third-order valence-corrected chi connectivity index (χ3v) is 5.96. The Hall–Kier alpha value is -3.69. The van der Waals surface area contributed by atoms with Crippen molar-refractivity contribution in [3.05, 3.63) is 69.5 Å². The van der Waals surface area contributed by atoms with Crippen LogP contribution in [0.25, 0.3) is 16.5 Å². The first-order chi connectivity index (χ1) is 16.1. The fourth-order valence-electron chi connectivity index (χ4n) is 4.23. The lowest BCUT2D eigenvalue weighted by atomic mass is 9.97. The Bertz CT molecular complexity index is 1360. The number of aromatic nitrogens is 3. The third-order valence-electron chi connectivity index (χ3n) is 5.96. The number of hydrogen-bond acceptors (Lipinski definition) is 5. The Kier molecular flexibility index (Phi) is 6.16. The number of allylic oxidation sites excluding steroid dienone is 2. The molecule has 3 aromatic rings. The van der Waals surface area contributed by atoms with Gasteiger partial charge in [0.2, 0.25) is 0 Å². The second-order valence-corrected chi connectivity index (χ2v) is 8.30. The molecular formula is C24H23F3N4O3. The van der Waals surface area contributed by atoms with E-state index >= 15 is 0 Å². The molecule has 0 bridgehead atoms. The number of fused-ring (bicyclic) bond motifs is 1. The van der Waals surface area contributed by atoms with Gasteiger partial charge in [-0.3, -0.25) is 9.36 Å². The van der Waals surface area contributed by atoms with Crippen LogP contribution in [0.3, 0.4) is 0 Å². The molecule has 1 atom stereocenters. The molecule has 2 aromatic heterocycles. The summed E-state index contributed by atoms with van der Waals surface area (Å²) in [5.41, 5.74) is -0.483. The maximum Gasteiger partial charge on any atom is 0.416 e. The van der Waals surface area contributed by atoms with Gasteiger partial charge in [0, 0.05) is 18.8 Å². The van der Waals surface area contributed by atoms with Gasteiger partial charge in [0.15, 0.2) is 5.69 Å². The van der Waals surface area contributed by atoms with Crippen molar-refractivity contribution in [3.63, 3.8) is 0 Å². The summed E-state index contributed by atoms with van der Waals surface area (Å²) in [4.78, 5) is 33.2. The Morgan fingerprint density at radius 3 is 2.68 bits per heavy atom. The molecule has 2 heterocycles. The van der Waals surface area contributed by atoms with Gasteiger partial charge in [-0.15, -0.1) is 0 Å². The predicted octanol–water partition coefficient (Wildman–Crippen LogP) is 5.18. The van der Waals surface area contributed by atoms with Gasteiger partial charge in [0.1, 0.15) is 5.82 Å². The summed E-state index contributed by atoms with van der Waals surface area (Å²) >= 11 is 0. The first-order valence-electron chi connectivity index (χ1n) is 10.8. The summed E-state index contributed by atoms with van der Waals surface area (Å²) in [6.45, 7) is 1.59. The van der Waals surface area contributed by atoms with Crippen LogP contribution in [0.15, 0.2) is 41.3 Å². The highest BCUT2D eigenvalue weighted by Crippen LogP contribution is 2.36. The van der Waals surface area contributed by atoms with E-state index in [-0.39, 0.29) is 27.8 Å². The number of pyridine rings is 1. The van der Waals surface area contributed by atoms with Gasteiger partial charge in [0.05, 0.1) is 28.2 Å². The molecule has 178 valence electrons. The van der Waals surface area contributed by atoms with E-state index in [9.17, 15) is 27.9 Å². The van der Waals surface area contributed by atoms with Crippen LogP contribution in [0, 0.1) is 0 Å². The molecule has 0 saturated heterocycles. The first kappa shape index (κ1) is 23.5. The topological polar surface area (TPSA) is 97.1 Å². The molecular weight excluding hydrogens is 449 g/mol. The van der Waals surface area contributed by atoms with Crippen LogP contribution < -0.4 is 10.9 Å². The second-order valence-electron chi connectivity index (χ2n) is 8.30. The molecule has 1 aliphatic carbocycles. The highest BCUT2D eigenvalue weighted by molar-refractivity contribution is 5.92. The zero-order valence-corrected chi connectivity index (χ0v) is 18.6. The molecule has 0 saturated carbocycles. The third kappa shape index (κ3) is 4.40. The quantitative estimate of drug-likeness (QED) is 0.531. The number of nitrogens with zero attached hydrogens (tertiary/aromatic N) is 3. The van der Waals surface area contributed by atoms with Crippen LogP contribution in [-0.4, -0.2) is 25.6 Å². The summed E-state index contributed by atoms with van der Waals surface area (Å²) in [6.07, 6.45) is 2.19. The summed E-state index contributed by atoms with van der Waals surface area (Å²) in [6, 6.07) is 3.98. The van der Waals surface area contributed by atoms with E-state index in [1.54, 1.807) is 6.92 Å². The van der Waals surface area contributed by atoms with Gasteiger partial charge in [-0.05, 0) is 62.4 Å². The van der Waals surface area contributed by atoms with Crippen LogP contribution in [0.1, 0.15) is 66.1 Å².